The van der Waals surface area contributed by atoms with Crippen LogP contribution in [0.5, 0.6) is 0 Å². The quantitative estimate of drug-likeness (QED) is 0.616. The van der Waals surface area contributed by atoms with Gasteiger partial charge in [-0.3, -0.25) is 4.79 Å². The lowest BCUT2D eigenvalue weighted by Gasteiger charge is -2.56. The first-order valence-corrected chi connectivity index (χ1v) is 11.0. The molecule has 0 saturated heterocycles. The molecule has 1 N–H and O–H groups in total. The summed E-state index contributed by atoms with van der Waals surface area (Å²) in [6, 6.07) is 0. The summed E-state index contributed by atoms with van der Waals surface area (Å²) >= 11 is 0. The van der Waals surface area contributed by atoms with E-state index in [0.29, 0.717) is 36.2 Å². The Morgan fingerprint density at radius 1 is 1.18 bits per heavy atom. The second-order valence-corrected chi connectivity index (χ2v) is 9.91. The molecule has 5 heteroatoms. The maximum atomic E-state index is 13.6. The summed E-state index contributed by atoms with van der Waals surface area (Å²) in [6.45, 7) is 8.06. The summed E-state index contributed by atoms with van der Waals surface area (Å²) in [5.41, 5.74) is 0.00119. The van der Waals surface area contributed by atoms with Gasteiger partial charge in [-0.2, -0.15) is 8.78 Å². The number of halogens is 2. The van der Waals surface area contributed by atoms with Gasteiger partial charge >= 0.3 is 5.97 Å². The Balaban J connectivity index is 1.85. The van der Waals surface area contributed by atoms with Gasteiger partial charge in [-0.25, -0.2) is 0 Å². The number of ether oxygens (including phenoxy) is 1. The van der Waals surface area contributed by atoms with Gasteiger partial charge in [-0.05, 0) is 79.4 Å². The van der Waals surface area contributed by atoms with E-state index in [0.717, 1.165) is 38.5 Å². The van der Waals surface area contributed by atoms with Crippen LogP contribution in [0, 0.1) is 34.5 Å². The lowest BCUT2D eigenvalue weighted by Crippen LogP contribution is -2.51. The molecule has 0 aromatic rings. The van der Waals surface area contributed by atoms with Crippen molar-refractivity contribution in [3.8, 4) is 0 Å². The Morgan fingerprint density at radius 2 is 1.89 bits per heavy atom. The van der Waals surface area contributed by atoms with Gasteiger partial charge in [0, 0.05) is 19.1 Å². The van der Waals surface area contributed by atoms with E-state index in [9.17, 15) is 18.7 Å². The fraction of sp³-hybridized carbons (Fsp3) is 0.870. The molecule has 0 spiro atoms. The summed E-state index contributed by atoms with van der Waals surface area (Å²) < 4.78 is 32.6. The molecule has 3 saturated carbocycles. The highest BCUT2D eigenvalue weighted by atomic mass is 19.3. The Hall–Kier alpha value is -0.970. The molecule has 0 aromatic carbocycles. The van der Waals surface area contributed by atoms with Crippen LogP contribution in [0.3, 0.4) is 0 Å². The van der Waals surface area contributed by atoms with Gasteiger partial charge in [0.15, 0.2) is 0 Å². The fourth-order valence-electron chi connectivity index (χ4n) is 7.29. The van der Waals surface area contributed by atoms with E-state index in [1.165, 1.54) is 6.92 Å². The lowest BCUT2D eigenvalue weighted by molar-refractivity contribution is -0.155. The van der Waals surface area contributed by atoms with Crippen molar-refractivity contribution in [2.45, 2.75) is 85.2 Å². The minimum Gasteiger partial charge on any atom is -0.463 e. The molecule has 3 aliphatic carbocycles. The summed E-state index contributed by atoms with van der Waals surface area (Å²) in [4.78, 5) is 11.4. The standard InChI is InChI=1S/C23H36F2O3/c1-5-17-18-6-7-20(21(24)25)23(18,4)11-9-19(17)22(3)10-8-16(28-14(2)27)12-15(22)13-26/h15-19,26H,5-13H2,1-4H3/t15-,16+,17+,18?,19?,22+,23+/m1/s1. The molecule has 28 heavy (non-hydrogen) atoms. The minimum absolute atomic E-state index is 0.0336. The smallest absolute Gasteiger partial charge is 0.302 e. The number of esters is 1. The predicted molar refractivity (Wildman–Crippen MR) is 105 cm³/mol. The second-order valence-electron chi connectivity index (χ2n) is 9.91. The Morgan fingerprint density at radius 3 is 2.46 bits per heavy atom. The number of aliphatic hydroxyl groups is 1. The number of hydrogen-bond donors (Lipinski definition) is 1. The van der Waals surface area contributed by atoms with E-state index in [1.54, 1.807) is 0 Å². The van der Waals surface area contributed by atoms with Gasteiger partial charge in [0.2, 0.25) is 0 Å². The van der Waals surface area contributed by atoms with Gasteiger partial charge in [0.25, 0.3) is 6.08 Å². The molecule has 0 radical (unpaired) electrons. The molecule has 7 atom stereocenters. The molecule has 0 aliphatic heterocycles. The molecule has 3 fully saturated rings. The van der Waals surface area contributed by atoms with Crippen LogP contribution in [-0.2, 0) is 9.53 Å². The molecule has 160 valence electrons. The van der Waals surface area contributed by atoms with Gasteiger partial charge in [-0.15, -0.1) is 0 Å². The van der Waals surface area contributed by atoms with Crippen LogP contribution in [0.4, 0.5) is 8.78 Å². The normalized spacial score (nSPS) is 43.5. The second kappa shape index (κ2) is 8.04. The van der Waals surface area contributed by atoms with E-state index < -0.39 is 6.08 Å². The molecule has 0 bridgehead atoms. The highest BCUT2D eigenvalue weighted by molar-refractivity contribution is 5.66. The SMILES string of the molecule is CC[C@H]1C2CCC(=C(F)F)[C@@]2(C)CCC1[C@@]1(C)CC[C@H](OC(C)=O)C[C@@H]1CO. The molecule has 2 unspecified atom stereocenters. The van der Waals surface area contributed by atoms with E-state index in [1.807, 2.05) is 0 Å². The number of hydrogen-bond acceptors (Lipinski definition) is 3. The molecule has 3 nitrogen and oxygen atoms in total. The molecular weight excluding hydrogens is 362 g/mol. The monoisotopic (exact) mass is 398 g/mol. The van der Waals surface area contributed by atoms with Gasteiger partial charge in [0.1, 0.15) is 6.10 Å². The molecule has 3 rings (SSSR count). The molecule has 0 heterocycles. The predicted octanol–water partition coefficient (Wildman–Crippen LogP) is 5.72. The maximum absolute atomic E-state index is 13.6. The van der Waals surface area contributed by atoms with Crippen molar-refractivity contribution >= 4 is 5.97 Å². The van der Waals surface area contributed by atoms with E-state index >= 15 is 0 Å². The van der Waals surface area contributed by atoms with Crippen molar-refractivity contribution in [3.05, 3.63) is 11.7 Å². The first-order valence-electron chi connectivity index (χ1n) is 11.0. The first-order chi connectivity index (χ1) is 13.2. The van der Waals surface area contributed by atoms with Crippen LogP contribution < -0.4 is 0 Å². The van der Waals surface area contributed by atoms with Crippen LogP contribution >= 0.6 is 0 Å². The zero-order chi connectivity index (χ0) is 20.7. The van der Waals surface area contributed by atoms with E-state index in [4.69, 9.17) is 4.74 Å². The minimum atomic E-state index is -1.46. The zero-order valence-corrected chi connectivity index (χ0v) is 17.8. The average Bonchev–Trinajstić information content (AvgIpc) is 2.99. The van der Waals surface area contributed by atoms with E-state index in [2.05, 4.69) is 20.8 Å². The number of allylic oxidation sites excluding steroid dienone is 1. The van der Waals surface area contributed by atoms with Crippen LogP contribution in [-0.4, -0.2) is 23.8 Å². The third kappa shape index (κ3) is 3.53. The Kier molecular flexibility index (Phi) is 6.24. The van der Waals surface area contributed by atoms with Crippen LogP contribution in [0.25, 0.3) is 0 Å². The van der Waals surface area contributed by atoms with Crippen molar-refractivity contribution < 1.29 is 23.4 Å². The topological polar surface area (TPSA) is 46.5 Å². The average molecular weight is 399 g/mol. The Bertz CT molecular complexity index is 629. The number of aliphatic hydroxyl groups excluding tert-OH is 1. The van der Waals surface area contributed by atoms with Gasteiger partial charge in [0.05, 0.1) is 0 Å². The van der Waals surface area contributed by atoms with E-state index in [-0.39, 0.29) is 35.4 Å². The fourth-order valence-corrected chi connectivity index (χ4v) is 7.29. The lowest BCUT2D eigenvalue weighted by atomic mass is 9.49. The number of rotatable bonds is 4. The molecule has 0 aromatic heterocycles. The van der Waals surface area contributed by atoms with Crippen molar-refractivity contribution in [3.63, 3.8) is 0 Å². The number of carbonyl (C=O) groups is 1. The summed E-state index contributed by atoms with van der Waals surface area (Å²) in [5.74, 6) is 0.954. The highest BCUT2D eigenvalue weighted by Crippen LogP contribution is 2.65. The van der Waals surface area contributed by atoms with Crippen LogP contribution in [0.2, 0.25) is 0 Å². The largest absolute Gasteiger partial charge is 0.463 e. The zero-order valence-electron chi connectivity index (χ0n) is 17.8. The summed E-state index contributed by atoms with van der Waals surface area (Å²) in [7, 11) is 0. The Labute approximate surface area is 167 Å². The summed E-state index contributed by atoms with van der Waals surface area (Å²) in [5, 5.41) is 10.2. The van der Waals surface area contributed by atoms with Crippen molar-refractivity contribution in [2.24, 2.45) is 34.5 Å². The number of carbonyl (C=O) groups excluding carboxylic acids is 1. The molecular formula is C23H36F2O3. The van der Waals surface area contributed by atoms with Gasteiger partial charge < -0.3 is 9.84 Å². The van der Waals surface area contributed by atoms with Crippen molar-refractivity contribution in [1.82, 2.24) is 0 Å². The third-order valence-corrected chi connectivity index (χ3v) is 8.81. The summed E-state index contributed by atoms with van der Waals surface area (Å²) in [6.07, 6.45) is 5.00. The van der Waals surface area contributed by atoms with Crippen molar-refractivity contribution in [2.75, 3.05) is 6.61 Å². The number of fused-ring (bicyclic) bond motifs is 1. The maximum Gasteiger partial charge on any atom is 0.302 e. The van der Waals surface area contributed by atoms with Crippen molar-refractivity contribution in [1.29, 1.82) is 0 Å². The molecule has 3 aliphatic rings. The third-order valence-electron chi connectivity index (χ3n) is 8.81. The van der Waals surface area contributed by atoms with Crippen LogP contribution in [0.1, 0.15) is 79.1 Å². The highest BCUT2D eigenvalue weighted by Gasteiger charge is 2.57. The van der Waals surface area contributed by atoms with Gasteiger partial charge in [-0.1, -0.05) is 27.2 Å². The first kappa shape index (κ1) is 21.7. The molecule has 0 amide bonds. The van der Waals surface area contributed by atoms with Crippen LogP contribution in [0.15, 0.2) is 11.7 Å².